The van der Waals surface area contributed by atoms with Crippen LogP contribution in [-0.4, -0.2) is 27.3 Å². The highest BCUT2D eigenvalue weighted by atomic mass is 32.2. The summed E-state index contributed by atoms with van der Waals surface area (Å²) in [4.78, 5) is 27.8. The number of sulfonamides is 1. The second-order valence-corrected chi connectivity index (χ2v) is 8.07. The molecular weight excluding hydrogens is 376 g/mol. The molecule has 28 heavy (non-hydrogen) atoms. The van der Waals surface area contributed by atoms with Crippen LogP contribution < -0.4 is 9.21 Å². The molecule has 6 nitrogen and oxygen atoms in total. The van der Waals surface area contributed by atoms with E-state index in [-0.39, 0.29) is 21.7 Å². The van der Waals surface area contributed by atoms with E-state index in [9.17, 15) is 18.0 Å². The van der Waals surface area contributed by atoms with E-state index in [0.717, 1.165) is 4.31 Å². The molecule has 140 valence electrons. The number of carbonyl (C=O) groups excluding carboxylic acids is 2. The first-order chi connectivity index (χ1) is 13.4. The molecule has 1 heterocycles. The Balaban J connectivity index is 2.04. The van der Waals surface area contributed by atoms with Crippen LogP contribution in [0.3, 0.4) is 0 Å². The minimum absolute atomic E-state index is 0.0303. The lowest BCUT2D eigenvalue weighted by atomic mass is 10.1. The molecule has 3 aromatic carbocycles. The van der Waals surface area contributed by atoms with Crippen LogP contribution in [0.5, 0.6) is 0 Å². The van der Waals surface area contributed by atoms with Crippen LogP contribution in [0.2, 0.25) is 0 Å². The summed E-state index contributed by atoms with van der Waals surface area (Å²) < 4.78 is 27.5. The molecule has 0 unspecified atom stereocenters. The summed E-state index contributed by atoms with van der Waals surface area (Å²) >= 11 is 0. The average Bonchev–Trinajstić information content (AvgIpc) is 2.73. The van der Waals surface area contributed by atoms with Gasteiger partial charge in [-0.1, -0.05) is 42.5 Å². The van der Waals surface area contributed by atoms with Crippen molar-refractivity contribution in [3.8, 4) is 0 Å². The fourth-order valence-electron chi connectivity index (χ4n) is 3.22. The highest BCUT2D eigenvalue weighted by Crippen LogP contribution is 2.35. The van der Waals surface area contributed by atoms with Crippen LogP contribution in [0.1, 0.15) is 20.7 Å². The van der Waals surface area contributed by atoms with Crippen LogP contribution in [0.4, 0.5) is 11.4 Å². The molecule has 0 spiro atoms. The highest BCUT2D eigenvalue weighted by Gasteiger charge is 2.38. The van der Waals surface area contributed by atoms with Gasteiger partial charge in [0, 0.05) is 7.05 Å². The maximum absolute atomic E-state index is 13.4. The number of nitrogens with zero attached hydrogens (tertiary/aromatic N) is 2. The van der Waals surface area contributed by atoms with Gasteiger partial charge in [0.15, 0.2) is 0 Å². The molecule has 0 atom stereocenters. The quantitative estimate of drug-likeness (QED) is 0.671. The van der Waals surface area contributed by atoms with Gasteiger partial charge in [0.2, 0.25) is 0 Å². The molecule has 1 aliphatic rings. The second-order valence-electron chi connectivity index (χ2n) is 6.29. The number of hydrogen-bond donors (Lipinski definition) is 0. The summed E-state index contributed by atoms with van der Waals surface area (Å²) in [5.74, 6) is -1.12. The number of anilines is 2. The number of rotatable bonds is 2. The summed E-state index contributed by atoms with van der Waals surface area (Å²) in [6.07, 6.45) is 0. The predicted molar refractivity (Wildman–Crippen MR) is 106 cm³/mol. The smallest absolute Gasteiger partial charge is 0.274 e. The van der Waals surface area contributed by atoms with Gasteiger partial charge in [-0.3, -0.25) is 9.59 Å². The van der Waals surface area contributed by atoms with Crippen LogP contribution >= 0.6 is 0 Å². The van der Waals surface area contributed by atoms with Gasteiger partial charge in [-0.25, -0.2) is 8.42 Å². The second kappa shape index (κ2) is 6.61. The number of fused-ring (bicyclic) bond motifs is 2. The Kier molecular flexibility index (Phi) is 4.24. The fourth-order valence-corrected chi connectivity index (χ4v) is 4.67. The van der Waals surface area contributed by atoms with Gasteiger partial charge in [0.25, 0.3) is 21.8 Å². The first-order valence-electron chi connectivity index (χ1n) is 8.54. The SMILES string of the molecule is CN1C(=O)c2ccccc2N(S(=O)(=O)c2ccccc2)C(=O)c2ccccc21. The largest absolute Gasteiger partial charge is 0.311 e. The maximum Gasteiger partial charge on any atom is 0.274 e. The topological polar surface area (TPSA) is 74.8 Å². The van der Waals surface area contributed by atoms with E-state index in [4.69, 9.17) is 0 Å². The van der Waals surface area contributed by atoms with Gasteiger partial charge in [0.1, 0.15) is 0 Å². The molecule has 0 saturated carbocycles. The average molecular weight is 392 g/mol. The van der Waals surface area contributed by atoms with E-state index in [1.807, 2.05) is 0 Å². The molecule has 0 saturated heterocycles. The van der Waals surface area contributed by atoms with E-state index >= 15 is 0 Å². The van der Waals surface area contributed by atoms with Crippen LogP contribution in [0.15, 0.2) is 83.8 Å². The number of benzene rings is 3. The minimum Gasteiger partial charge on any atom is -0.311 e. The van der Waals surface area contributed by atoms with Crippen molar-refractivity contribution in [1.82, 2.24) is 0 Å². The Morgan fingerprint density at radius 3 is 1.79 bits per heavy atom. The zero-order valence-corrected chi connectivity index (χ0v) is 15.8. The van der Waals surface area contributed by atoms with Crippen molar-refractivity contribution in [2.75, 3.05) is 16.3 Å². The Bertz CT molecular complexity index is 1190. The van der Waals surface area contributed by atoms with Crippen molar-refractivity contribution in [2.45, 2.75) is 4.90 Å². The van der Waals surface area contributed by atoms with Crippen LogP contribution in [-0.2, 0) is 10.0 Å². The number of carbonyl (C=O) groups is 2. The van der Waals surface area contributed by atoms with Crippen molar-refractivity contribution in [2.24, 2.45) is 0 Å². The molecule has 0 aliphatic carbocycles. The summed E-state index contributed by atoms with van der Waals surface area (Å²) in [5, 5.41) is 0. The van der Waals surface area contributed by atoms with Crippen molar-refractivity contribution < 1.29 is 18.0 Å². The molecule has 4 rings (SSSR count). The van der Waals surface area contributed by atoms with E-state index in [1.54, 1.807) is 55.6 Å². The Morgan fingerprint density at radius 1 is 0.643 bits per heavy atom. The van der Waals surface area contributed by atoms with Gasteiger partial charge < -0.3 is 4.90 Å². The van der Waals surface area contributed by atoms with Crippen molar-refractivity contribution >= 4 is 33.2 Å². The molecule has 0 fully saturated rings. The van der Waals surface area contributed by atoms with E-state index in [0.29, 0.717) is 5.69 Å². The molecule has 0 aromatic heterocycles. The molecule has 2 amide bonds. The molecule has 0 radical (unpaired) electrons. The van der Waals surface area contributed by atoms with Crippen molar-refractivity contribution in [1.29, 1.82) is 0 Å². The van der Waals surface area contributed by atoms with Gasteiger partial charge >= 0.3 is 0 Å². The first-order valence-corrected chi connectivity index (χ1v) is 9.98. The van der Waals surface area contributed by atoms with Crippen molar-refractivity contribution in [3.63, 3.8) is 0 Å². The van der Waals surface area contributed by atoms with Gasteiger partial charge in [-0.05, 0) is 36.4 Å². The third-order valence-electron chi connectivity index (χ3n) is 4.62. The Labute approximate surface area is 162 Å². The first kappa shape index (κ1) is 17.9. The monoisotopic (exact) mass is 392 g/mol. The molecule has 3 aromatic rings. The van der Waals surface area contributed by atoms with Gasteiger partial charge in [-0.15, -0.1) is 0 Å². The number of hydrogen-bond acceptors (Lipinski definition) is 4. The lowest BCUT2D eigenvalue weighted by Gasteiger charge is -2.30. The molecular formula is C21H16N2O4S. The molecule has 7 heteroatoms. The summed E-state index contributed by atoms with van der Waals surface area (Å²) in [5.41, 5.74) is 0.641. The number of para-hydroxylation sites is 2. The van der Waals surface area contributed by atoms with Gasteiger partial charge in [0.05, 0.1) is 27.4 Å². The zero-order chi connectivity index (χ0) is 19.9. The summed E-state index contributed by atoms with van der Waals surface area (Å²) in [6.45, 7) is 0. The van der Waals surface area contributed by atoms with E-state index < -0.39 is 21.8 Å². The summed E-state index contributed by atoms with van der Waals surface area (Å²) in [6, 6.07) is 20.4. The standard InChI is InChI=1S/C21H16N2O4S/c1-22-18-13-7-5-11-16(18)21(25)23(19-14-8-6-12-17(19)20(22)24)28(26,27)15-9-3-2-4-10-15/h2-14H,1H3. The highest BCUT2D eigenvalue weighted by molar-refractivity contribution is 7.93. The van der Waals surface area contributed by atoms with E-state index in [2.05, 4.69) is 0 Å². The zero-order valence-electron chi connectivity index (χ0n) is 14.9. The Hall–Kier alpha value is -3.45. The molecule has 0 bridgehead atoms. The lowest BCUT2D eigenvalue weighted by molar-refractivity contribution is 0.0987. The molecule has 1 aliphatic heterocycles. The predicted octanol–water partition coefficient (Wildman–Crippen LogP) is 3.31. The third-order valence-corrected chi connectivity index (χ3v) is 6.33. The molecule has 0 N–H and O–H groups in total. The lowest BCUT2D eigenvalue weighted by Crippen LogP contribution is -2.42. The Morgan fingerprint density at radius 2 is 1.14 bits per heavy atom. The summed E-state index contributed by atoms with van der Waals surface area (Å²) in [7, 11) is -2.67. The minimum atomic E-state index is -4.23. The van der Waals surface area contributed by atoms with Crippen molar-refractivity contribution in [3.05, 3.63) is 90.0 Å². The fraction of sp³-hybridized carbons (Fsp3) is 0.0476. The van der Waals surface area contributed by atoms with Gasteiger partial charge in [-0.2, -0.15) is 4.31 Å². The normalized spacial score (nSPS) is 14.2. The third kappa shape index (κ3) is 2.68. The van der Waals surface area contributed by atoms with Crippen LogP contribution in [0, 0.1) is 0 Å². The van der Waals surface area contributed by atoms with Crippen LogP contribution in [0.25, 0.3) is 0 Å². The number of amides is 2. The maximum atomic E-state index is 13.4. The van der Waals surface area contributed by atoms with E-state index in [1.165, 1.54) is 35.2 Å².